The average Bonchev–Trinajstić information content (AvgIpc) is 2.05. The highest BCUT2D eigenvalue weighted by Gasteiger charge is 2.12. The van der Waals surface area contributed by atoms with E-state index in [9.17, 15) is 4.79 Å². The van der Waals surface area contributed by atoms with E-state index in [-0.39, 0.29) is 5.91 Å². The van der Waals surface area contributed by atoms with Gasteiger partial charge in [0.15, 0.2) is 0 Å². The lowest BCUT2D eigenvalue weighted by molar-refractivity contribution is -0.117. The van der Waals surface area contributed by atoms with E-state index in [1.165, 1.54) is 0 Å². The van der Waals surface area contributed by atoms with Crippen molar-refractivity contribution in [1.82, 2.24) is 5.32 Å². The largest absolute Gasteiger partial charge is 0.398 e. The van der Waals surface area contributed by atoms with E-state index < -0.39 is 0 Å². The number of carbonyl (C=O) groups is 1. The summed E-state index contributed by atoms with van der Waals surface area (Å²) in [5.41, 5.74) is 6.97. The molecule has 0 radical (unpaired) electrons. The van der Waals surface area contributed by atoms with Crippen molar-refractivity contribution in [3.63, 3.8) is 0 Å². The number of amides is 1. The monoisotopic (exact) mass is 166 g/mol. The molecule has 0 saturated carbocycles. The molecule has 3 nitrogen and oxygen atoms in total. The van der Waals surface area contributed by atoms with Gasteiger partial charge in [-0.2, -0.15) is 0 Å². The minimum absolute atomic E-state index is 0.0284. The number of allylic oxidation sites excluding steroid dienone is 2. The van der Waals surface area contributed by atoms with E-state index in [1.807, 2.05) is 13.0 Å². The van der Waals surface area contributed by atoms with E-state index in [4.69, 9.17) is 5.73 Å². The maximum Gasteiger partial charge on any atom is 0.249 e. The molecule has 1 aliphatic rings. The van der Waals surface area contributed by atoms with Crippen LogP contribution in [0.25, 0.3) is 0 Å². The first-order chi connectivity index (χ1) is 5.75. The van der Waals surface area contributed by atoms with Gasteiger partial charge in [-0.3, -0.25) is 4.79 Å². The van der Waals surface area contributed by atoms with Gasteiger partial charge in [-0.1, -0.05) is 6.08 Å². The van der Waals surface area contributed by atoms with Gasteiger partial charge >= 0.3 is 0 Å². The zero-order chi connectivity index (χ0) is 8.97. The Morgan fingerprint density at radius 2 is 2.50 bits per heavy atom. The van der Waals surface area contributed by atoms with E-state index in [0.29, 0.717) is 12.2 Å². The van der Waals surface area contributed by atoms with Crippen molar-refractivity contribution < 1.29 is 4.79 Å². The van der Waals surface area contributed by atoms with E-state index >= 15 is 0 Å². The molecule has 0 saturated heterocycles. The van der Waals surface area contributed by atoms with Crippen LogP contribution in [0.2, 0.25) is 0 Å². The van der Waals surface area contributed by atoms with Crippen molar-refractivity contribution in [1.29, 1.82) is 0 Å². The van der Waals surface area contributed by atoms with Crippen molar-refractivity contribution in [3.05, 3.63) is 23.4 Å². The standard InChI is InChI=1S/C9H14N2O/c1-2-11-9(12)7-5-3-4-6-8(7)10/h4,6H,2-3,5,10H2,1H3,(H,11,12). The van der Waals surface area contributed by atoms with Crippen LogP contribution in [-0.4, -0.2) is 12.5 Å². The fourth-order valence-corrected chi connectivity index (χ4v) is 1.19. The number of hydrogen-bond donors (Lipinski definition) is 2. The Bertz CT molecular complexity index is 241. The third kappa shape index (κ3) is 1.87. The second-order valence-corrected chi connectivity index (χ2v) is 2.73. The highest BCUT2D eigenvalue weighted by Crippen LogP contribution is 2.15. The lowest BCUT2D eigenvalue weighted by atomic mass is 10.0. The Morgan fingerprint density at radius 1 is 1.75 bits per heavy atom. The number of carbonyl (C=O) groups excluding carboxylic acids is 1. The molecule has 3 heteroatoms. The molecular formula is C9H14N2O. The third-order valence-electron chi connectivity index (χ3n) is 1.82. The van der Waals surface area contributed by atoms with Gasteiger partial charge in [0.25, 0.3) is 0 Å². The van der Waals surface area contributed by atoms with Crippen molar-refractivity contribution in [3.8, 4) is 0 Å². The zero-order valence-corrected chi connectivity index (χ0v) is 7.26. The molecule has 66 valence electrons. The highest BCUT2D eigenvalue weighted by atomic mass is 16.1. The normalized spacial score (nSPS) is 16.4. The zero-order valence-electron chi connectivity index (χ0n) is 7.26. The van der Waals surface area contributed by atoms with Gasteiger partial charge in [-0.25, -0.2) is 0 Å². The molecule has 1 rings (SSSR count). The van der Waals surface area contributed by atoms with E-state index in [2.05, 4.69) is 5.32 Å². The van der Waals surface area contributed by atoms with Crippen LogP contribution in [0.3, 0.4) is 0 Å². The second kappa shape index (κ2) is 3.95. The first-order valence-electron chi connectivity index (χ1n) is 4.19. The summed E-state index contributed by atoms with van der Waals surface area (Å²) in [6, 6.07) is 0. The van der Waals surface area contributed by atoms with Crippen molar-refractivity contribution in [2.75, 3.05) is 6.54 Å². The Labute approximate surface area is 72.3 Å². The van der Waals surface area contributed by atoms with Gasteiger partial charge in [-0.15, -0.1) is 0 Å². The van der Waals surface area contributed by atoms with Crippen LogP contribution in [0.1, 0.15) is 19.8 Å². The first-order valence-corrected chi connectivity index (χ1v) is 4.19. The Balaban J connectivity index is 2.71. The molecule has 0 spiro atoms. The van der Waals surface area contributed by atoms with Crippen LogP contribution in [0, 0.1) is 0 Å². The number of nitrogens with one attached hydrogen (secondary N) is 1. The van der Waals surface area contributed by atoms with Gasteiger partial charge in [-0.05, 0) is 25.8 Å². The van der Waals surface area contributed by atoms with Gasteiger partial charge in [0.05, 0.1) is 0 Å². The molecule has 0 aromatic heterocycles. The number of hydrogen-bond acceptors (Lipinski definition) is 2. The SMILES string of the molecule is CCNC(=O)C1=C(N)C=CCC1. The summed E-state index contributed by atoms with van der Waals surface area (Å²) in [7, 11) is 0. The molecule has 0 aliphatic heterocycles. The summed E-state index contributed by atoms with van der Waals surface area (Å²) in [6.45, 7) is 2.55. The van der Waals surface area contributed by atoms with Crippen molar-refractivity contribution >= 4 is 5.91 Å². The summed E-state index contributed by atoms with van der Waals surface area (Å²) in [4.78, 5) is 11.3. The number of nitrogens with two attached hydrogens (primary N) is 1. The molecule has 1 amide bonds. The Kier molecular flexibility index (Phi) is 2.91. The molecule has 0 unspecified atom stereocenters. The summed E-state index contributed by atoms with van der Waals surface area (Å²) in [5.74, 6) is -0.0284. The molecule has 0 aromatic rings. The summed E-state index contributed by atoms with van der Waals surface area (Å²) < 4.78 is 0. The van der Waals surface area contributed by atoms with E-state index in [0.717, 1.165) is 18.4 Å². The summed E-state index contributed by atoms with van der Waals surface area (Å²) >= 11 is 0. The molecule has 0 atom stereocenters. The predicted molar refractivity (Wildman–Crippen MR) is 48.3 cm³/mol. The smallest absolute Gasteiger partial charge is 0.249 e. The first kappa shape index (κ1) is 8.84. The molecule has 12 heavy (non-hydrogen) atoms. The molecule has 0 bridgehead atoms. The van der Waals surface area contributed by atoms with Crippen LogP contribution in [0.15, 0.2) is 23.4 Å². The minimum Gasteiger partial charge on any atom is -0.398 e. The summed E-state index contributed by atoms with van der Waals surface area (Å²) in [5, 5.41) is 2.73. The lowest BCUT2D eigenvalue weighted by Gasteiger charge is -2.11. The molecule has 1 aliphatic carbocycles. The maximum atomic E-state index is 11.3. The van der Waals surface area contributed by atoms with Gasteiger partial charge in [0.1, 0.15) is 0 Å². The average molecular weight is 166 g/mol. The third-order valence-corrected chi connectivity index (χ3v) is 1.82. The van der Waals surface area contributed by atoms with Crippen molar-refractivity contribution in [2.24, 2.45) is 5.73 Å². The lowest BCUT2D eigenvalue weighted by Crippen LogP contribution is -2.27. The fourth-order valence-electron chi connectivity index (χ4n) is 1.19. The second-order valence-electron chi connectivity index (χ2n) is 2.73. The highest BCUT2D eigenvalue weighted by molar-refractivity contribution is 5.94. The van der Waals surface area contributed by atoms with Gasteiger partial charge in [0, 0.05) is 17.8 Å². The fraction of sp³-hybridized carbons (Fsp3) is 0.444. The minimum atomic E-state index is -0.0284. The number of rotatable bonds is 2. The molecule has 0 heterocycles. The van der Waals surface area contributed by atoms with Crippen LogP contribution < -0.4 is 11.1 Å². The molecule has 0 fully saturated rings. The van der Waals surface area contributed by atoms with Gasteiger partial charge in [0.2, 0.25) is 5.91 Å². The van der Waals surface area contributed by atoms with Crippen LogP contribution in [0.4, 0.5) is 0 Å². The Morgan fingerprint density at radius 3 is 3.08 bits per heavy atom. The quantitative estimate of drug-likeness (QED) is 0.634. The van der Waals surface area contributed by atoms with Gasteiger partial charge < -0.3 is 11.1 Å². The maximum absolute atomic E-state index is 11.3. The molecular weight excluding hydrogens is 152 g/mol. The topological polar surface area (TPSA) is 55.1 Å². The van der Waals surface area contributed by atoms with Crippen LogP contribution >= 0.6 is 0 Å². The molecule has 3 N–H and O–H groups in total. The van der Waals surface area contributed by atoms with Crippen LogP contribution in [0.5, 0.6) is 0 Å². The predicted octanol–water partition coefficient (Wildman–Crippen LogP) is 0.685. The Hall–Kier alpha value is -1.25. The van der Waals surface area contributed by atoms with Crippen LogP contribution in [-0.2, 0) is 4.79 Å². The summed E-state index contributed by atoms with van der Waals surface area (Å²) in [6.07, 6.45) is 5.45. The molecule has 0 aromatic carbocycles. The van der Waals surface area contributed by atoms with E-state index in [1.54, 1.807) is 6.08 Å². The number of likely N-dealkylation sites (N-methyl/N-ethyl adjacent to an activating group) is 1. The van der Waals surface area contributed by atoms with Crippen molar-refractivity contribution in [2.45, 2.75) is 19.8 Å².